The lowest BCUT2D eigenvalue weighted by molar-refractivity contribution is -0.383. The number of fused-ring (bicyclic) bond motifs is 5. The Kier molecular flexibility index (Phi) is 13.1. The molecule has 4 rings (SSSR count). The van der Waals surface area contributed by atoms with Crippen LogP contribution in [0.25, 0.3) is 0 Å². The molecule has 4 aliphatic rings. The summed E-state index contributed by atoms with van der Waals surface area (Å²) >= 11 is 0. The number of carbonyl (C=O) groups excluding carboxylic acids is 6. The summed E-state index contributed by atoms with van der Waals surface area (Å²) in [5.41, 5.74) is -1.23. The predicted molar refractivity (Wildman–Crippen MR) is 167 cm³/mol. The van der Waals surface area contributed by atoms with E-state index in [9.17, 15) is 103 Å². The Morgan fingerprint density at radius 3 is 1.77 bits per heavy atom. The van der Waals surface area contributed by atoms with Gasteiger partial charge in [-0.3, -0.25) is 28.8 Å². The Morgan fingerprint density at radius 1 is 0.790 bits per heavy atom. The van der Waals surface area contributed by atoms with Gasteiger partial charge in [-0.05, 0) is 63.7 Å². The molecule has 2 saturated carbocycles. The number of ether oxygens (including phenoxy) is 3. The Morgan fingerprint density at radius 2 is 1.31 bits per heavy atom. The average molecular weight is 954 g/mol. The number of cyclic esters (lactones) is 2. The average Bonchev–Trinajstić information content (AvgIpc) is 3.80. The molecule has 0 spiro atoms. The third-order valence-electron chi connectivity index (χ3n) is 11.3. The number of amides is 2. The van der Waals surface area contributed by atoms with Crippen LogP contribution in [0.4, 0.5) is 65.9 Å². The number of hydroxylamine groups is 2. The van der Waals surface area contributed by atoms with Crippen LogP contribution in [0.1, 0.15) is 53.9 Å². The molecule has 0 radical (unpaired) electrons. The number of esters is 4. The number of imide groups is 1. The van der Waals surface area contributed by atoms with Crippen LogP contribution in [0, 0.1) is 59.2 Å². The van der Waals surface area contributed by atoms with Crippen LogP contribution in [0.15, 0.2) is 0 Å². The summed E-state index contributed by atoms with van der Waals surface area (Å²) in [6.07, 6.45) is -20.2. The van der Waals surface area contributed by atoms with Crippen molar-refractivity contribution in [2.24, 2.45) is 59.2 Å². The molecule has 13 nitrogen and oxygen atoms in total. The van der Waals surface area contributed by atoms with Crippen molar-refractivity contribution in [2.45, 2.75) is 101 Å². The standard InChI is InChI=1S/C33H34F15NO12S/c1-6-11(22(52)60-27(3,4)5)7-14(23(53)58-9-28(35,36)26(34)29(37,38)39)18-19(25(55)59-24(18)54)15-10(2)12-8-13(15)17-16(12)20(50)49(21(17)51)61-62(56,57)33(47,48)31(42,43)30(40,41)32(44,45)46/h10-19,26H,6-9H2,1-5H3. The summed E-state index contributed by atoms with van der Waals surface area (Å²) in [7, 11) is -7.83. The zero-order chi connectivity index (χ0) is 48.0. The number of halogens is 15. The molecule has 2 amide bonds. The molecule has 0 N–H and O–H groups in total. The quantitative estimate of drug-likeness (QED) is 0.0622. The molecule has 11 atom stereocenters. The molecule has 11 unspecified atom stereocenters. The third kappa shape index (κ3) is 8.43. The first-order valence-electron chi connectivity index (χ1n) is 18.0. The van der Waals surface area contributed by atoms with Crippen molar-refractivity contribution in [1.29, 1.82) is 0 Å². The molecule has 2 aliphatic carbocycles. The topological polar surface area (TPSA) is 177 Å². The highest BCUT2D eigenvalue weighted by atomic mass is 32.2. The van der Waals surface area contributed by atoms with E-state index < -0.39 is 170 Å². The summed E-state index contributed by atoms with van der Waals surface area (Å²) in [4.78, 5) is 80.2. The minimum absolute atomic E-state index is 0.279. The van der Waals surface area contributed by atoms with E-state index in [2.05, 4.69) is 9.02 Å². The Labute approximate surface area is 339 Å². The maximum absolute atomic E-state index is 14.5. The second kappa shape index (κ2) is 16.0. The highest BCUT2D eigenvalue weighted by Crippen LogP contribution is 2.65. The second-order valence-electron chi connectivity index (χ2n) is 16.3. The van der Waals surface area contributed by atoms with Crippen LogP contribution in [0.2, 0.25) is 0 Å². The molecular formula is C33H34F15NO12S. The number of nitrogens with zero attached hydrogens (tertiary/aromatic N) is 1. The largest absolute Gasteiger partial charge is 0.460 e. The van der Waals surface area contributed by atoms with Gasteiger partial charge in [-0.2, -0.15) is 69.9 Å². The van der Waals surface area contributed by atoms with Gasteiger partial charge in [-0.1, -0.05) is 13.8 Å². The van der Waals surface area contributed by atoms with Crippen molar-refractivity contribution < 1.29 is 122 Å². The van der Waals surface area contributed by atoms with E-state index in [4.69, 9.17) is 9.47 Å². The fraction of sp³-hybridized carbons (Fsp3) is 0.818. The first-order chi connectivity index (χ1) is 27.7. The zero-order valence-electron chi connectivity index (χ0n) is 32.1. The lowest BCUT2D eigenvalue weighted by atomic mass is 9.61. The maximum atomic E-state index is 14.5. The van der Waals surface area contributed by atoms with E-state index in [1.807, 2.05) is 0 Å². The Hall–Kier alpha value is -3.92. The van der Waals surface area contributed by atoms with Crippen LogP contribution in [0.3, 0.4) is 0 Å². The van der Waals surface area contributed by atoms with Crippen molar-refractivity contribution >= 4 is 45.8 Å². The van der Waals surface area contributed by atoms with Crippen molar-refractivity contribution in [2.75, 3.05) is 6.61 Å². The minimum Gasteiger partial charge on any atom is -0.460 e. The lowest BCUT2D eigenvalue weighted by Crippen LogP contribution is -2.64. The van der Waals surface area contributed by atoms with Crippen molar-refractivity contribution in [3.8, 4) is 0 Å². The molecule has 0 aromatic rings. The molecule has 4 fully saturated rings. The minimum atomic E-state index is -7.83. The van der Waals surface area contributed by atoms with Crippen LogP contribution in [0.5, 0.6) is 0 Å². The molecular weight excluding hydrogens is 919 g/mol. The SMILES string of the molecule is CCC(CC(C(=O)OCC(F)(F)C(F)C(F)(F)F)C1C(=O)OC(=O)C1C1C(C)C2CC1C1C(=O)N(OS(=O)(=O)C(F)(F)C(F)(F)C(F)(F)C(F)(F)F)C(=O)C21)C(=O)OC(C)(C)C. The van der Waals surface area contributed by atoms with Crippen molar-refractivity contribution in [3.63, 3.8) is 0 Å². The second-order valence-corrected chi connectivity index (χ2v) is 17.8. The van der Waals surface area contributed by atoms with Crippen LogP contribution >= 0.6 is 0 Å². The first-order valence-corrected chi connectivity index (χ1v) is 19.4. The Balaban J connectivity index is 1.72. The van der Waals surface area contributed by atoms with Crippen molar-refractivity contribution in [3.05, 3.63) is 0 Å². The summed E-state index contributed by atoms with van der Waals surface area (Å²) < 4.78 is 245. The van der Waals surface area contributed by atoms with Gasteiger partial charge in [-0.25, -0.2) is 4.39 Å². The van der Waals surface area contributed by atoms with Gasteiger partial charge in [0.15, 0.2) is 6.61 Å². The monoisotopic (exact) mass is 953 g/mol. The van der Waals surface area contributed by atoms with Crippen LogP contribution in [-0.2, 0) is 57.4 Å². The van der Waals surface area contributed by atoms with E-state index in [-0.39, 0.29) is 12.8 Å². The zero-order valence-corrected chi connectivity index (χ0v) is 32.9. The number of hydrogen-bond acceptors (Lipinski definition) is 12. The molecule has 0 aromatic carbocycles. The molecule has 2 saturated heterocycles. The summed E-state index contributed by atoms with van der Waals surface area (Å²) in [6, 6.07) is 0. The van der Waals surface area contributed by atoms with Gasteiger partial charge in [0.1, 0.15) is 5.60 Å². The molecule has 2 aliphatic heterocycles. The third-order valence-corrected chi connectivity index (χ3v) is 12.6. The summed E-state index contributed by atoms with van der Waals surface area (Å²) in [5.74, 6) is -48.9. The van der Waals surface area contributed by atoms with E-state index in [1.54, 1.807) is 0 Å². The maximum Gasteiger partial charge on any atom is 0.460 e. The molecule has 2 bridgehead atoms. The van der Waals surface area contributed by atoms with Gasteiger partial charge in [0, 0.05) is 0 Å². The first kappa shape index (κ1) is 50.7. The molecule has 2 heterocycles. The van der Waals surface area contributed by atoms with E-state index in [1.165, 1.54) is 34.6 Å². The lowest BCUT2D eigenvalue weighted by Gasteiger charge is -2.38. The molecule has 62 heavy (non-hydrogen) atoms. The highest BCUT2D eigenvalue weighted by Gasteiger charge is 2.86. The van der Waals surface area contributed by atoms with Crippen molar-refractivity contribution in [1.82, 2.24) is 5.06 Å². The highest BCUT2D eigenvalue weighted by molar-refractivity contribution is 7.87. The van der Waals surface area contributed by atoms with Gasteiger partial charge < -0.3 is 14.2 Å². The Bertz CT molecular complexity index is 1950. The normalized spacial score (nSPS) is 29.1. The number of hydrogen-bond donors (Lipinski definition) is 0. The summed E-state index contributed by atoms with van der Waals surface area (Å²) in [6.45, 7) is 4.05. The molecule has 354 valence electrons. The van der Waals surface area contributed by atoms with Gasteiger partial charge >= 0.3 is 69.4 Å². The summed E-state index contributed by atoms with van der Waals surface area (Å²) in [5, 5.41) is -8.61. The van der Waals surface area contributed by atoms with Crippen LogP contribution in [-0.4, -0.2) is 103 Å². The van der Waals surface area contributed by atoms with Gasteiger partial charge in [0.25, 0.3) is 18.0 Å². The van der Waals surface area contributed by atoms with Gasteiger partial charge in [0.2, 0.25) is 0 Å². The molecule has 29 heteroatoms. The van der Waals surface area contributed by atoms with Gasteiger partial charge in [-0.15, -0.1) is 9.35 Å². The van der Waals surface area contributed by atoms with E-state index in [0.717, 1.165) is 0 Å². The number of alkyl halides is 15. The van der Waals surface area contributed by atoms with E-state index >= 15 is 0 Å². The fourth-order valence-electron chi connectivity index (χ4n) is 8.57. The molecule has 0 aromatic heterocycles. The smallest absolute Gasteiger partial charge is 0.460 e. The van der Waals surface area contributed by atoms with E-state index in [0.29, 0.717) is 0 Å². The predicted octanol–water partition coefficient (Wildman–Crippen LogP) is 5.95. The van der Waals surface area contributed by atoms with Crippen LogP contribution < -0.4 is 0 Å². The number of carbonyl (C=O) groups is 6. The fourth-order valence-corrected chi connectivity index (χ4v) is 9.45. The van der Waals surface area contributed by atoms with Gasteiger partial charge in [0.05, 0.1) is 35.5 Å². The number of rotatable bonds is 15.